The summed E-state index contributed by atoms with van der Waals surface area (Å²) in [5.41, 5.74) is 1.36. The summed E-state index contributed by atoms with van der Waals surface area (Å²) in [7, 11) is 0. The number of carbonyl (C=O) groups is 1. The summed E-state index contributed by atoms with van der Waals surface area (Å²) in [5.74, 6) is 1.71. The third kappa shape index (κ3) is 2.38. The Bertz CT molecular complexity index is 402. The average molecular weight is 239 g/mol. The summed E-state index contributed by atoms with van der Waals surface area (Å²) >= 11 is 1.91. The van der Waals surface area contributed by atoms with Gasteiger partial charge in [0.15, 0.2) is 5.78 Å². The molecule has 1 heterocycles. The van der Waals surface area contributed by atoms with E-state index in [1.165, 1.54) is 19.1 Å². The molecule has 1 aliphatic heterocycles. The summed E-state index contributed by atoms with van der Waals surface area (Å²) in [6.45, 7) is 3.34. The largest absolute Gasteiger partial charge is 0.369 e. The van der Waals surface area contributed by atoms with Crippen LogP contribution in [0.3, 0.4) is 0 Å². The van der Waals surface area contributed by atoms with Crippen molar-refractivity contribution in [3.63, 3.8) is 0 Å². The van der Waals surface area contributed by atoms with Crippen LogP contribution < -0.4 is 4.90 Å². The van der Waals surface area contributed by atoms with Crippen molar-refractivity contribution in [3.8, 4) is 0 Å². The van der Waals surface area contributed by atoms with Gasteiger partial charge in [-0.25, -0.2) is 4.39 Å². The Balaban J connectivity index is 2.34. The van der Waals surface area contributed by atoms with Gasteiger partial charge in [-0.05, 0) is 25.1 Å². The summed E-state index contributed by atoms with van der Waals surface area (Å²) in [4.78, 5) is 13.6. The van der Waals surface area contributed by atoms with Gasteiger partial charge < -0.3 is 4.90 Å². The topological polar surface area (TPSA) is 20.3 Å². The number of halogens is 1. The second-order valence-electron chi connectivity index (χ2n) is 3.82. The second kappa shape index (κ2) is 4.87. The molecular formula is C12H14FNOS. The van der Waals surface area contributed by atoms with Crippen LogP contribution in [0.2, 0.25) is 0 Å². The molecule has 0 amide bonds. The number of hydrogen-bond acceptors (Lipinski definition) is 3. The minimum Gasteiger partial charge on any atom is -0.369 e. The van der Waals surface area contributed by atoms with Gasteiger partial charge in [-0.3, -0.25) is 4.79 Å². The fourth-order valence-corrected chi connectivity index (χ4v) is 2.77. The van der Waals surface area contributed by atoms with Crippen LogP contribution >= 0.6 is 11.8 Å². The molecule has 1 saturated heterocycles. The zero-order valence-electron chi connectivity index (χ0n) is 9.20. The first kappa shape index (κ1) is 11.5. The van der Waals surface area contributed by atoms with E-state index in [9.17, 15) is 9.18 Å². The van der Waals surface area contributed by atoms with Crippen molar-refractivity contribution in [2.75, 3.05) is 29.5 Å². The first-order valence-electron chi connectivity index (χ1n) is 5.31. The SMILES string of the molecule is CC(=O)c1cc(F)ccc1N1CCSCC1. The number of hydrogen-bond donors (Lipinski definition) is 0. The third-order valence-corrected chi connectivity index (χ3v) is 3.63. The molecule has 0 aliphatic carbocycles. The van der Waals surface area contributed by atoms with Crippen molar-refractivity contribution in [1.29, 1.82) is 0 Å². The van der Waals surface area contributed by atoms with Crippen LogP contribution in [0.4, 0.5) is 10.1 Å². The first-order chi connectivity index (χ1) is 7.68. The van der Waals surface area contributed by atoms with E-state index in [2.05, 4.69) is 4.90 Å². The van der Waals surface area contributed by atoms with Gasteiger partial charge in [-0.1, -0.05) is 0 Å². The lowest BCUT2D eigenvalue weighted by atomic mass is 10.1. The summed E-state index contributed by atoms with van der Waals surface area (Å²) in [6.07, 6.45) is 0. The van der Waals surface area contributed by atoms with Gasteiger partial charge in [0.1, 0.15) is 5.82 Å². The van der Waals surface area contributed by atoms with Crippen LogP contribution in [0.1, 0.15) is 17.3 Å². The van der Waals surface area contributed by atoms with Gasteiger partial charge in [0.2, 0.25) is 0 Å². The molecule has 0 saturated carbocycles. The number of carbonyl (C=O) groups excluding carboxylic acids is 1. The van der Waals surface area contributed by atoms with Crippen LogP contribution in [0.5, 0.6) is 0 Å². The summed E-state index contributed by atoms with van der Waals surface area (Å²) < 4.78 is 13.1. The number of thioether (sulfide) groups is 1. The van der Waals surface area contributed by atoms with E-state index < -0.39 is 0 Å². The summed E-state index contributed by atoms with van der Waals surface area (Å²) in [6, 6.07) is 4.46. The van der Waals surface area contributed by atoms with Gasteiger partial charge in [0.05, 0.1) is 0 Å². The van der Waals surface area contributed by atoms with Crippen LogP contribution in [0, 0.1) is 5.82 Å². The van der Waals surface area contributed by atoms with Gasteiger partial charge in [-0.15, -0.1) is 0 Å². The Kier molecular flexibility index (Phi) is 3.49. The molecule has 0 unspecified atom stereocenters. The van der Waals surface area contributed by atoms with Crippen molar-refractivity contribution in [2.45, 2.75) is 6.92 Å². The fraction of sp³-hybridized carbons (Fsp3) is 0.417. The lowest BCUT2D eigenvalue weighted by Crippen LogP contribution is -2.33. The maximum Gasteiger partial charge on any atom is 0.161 e. The van der Waals surface area contributed by atoms with E-state index in [4.69, 9.17) is 0 Å². The molecule has 86 valence electrons. The highest BCUT2D eigenvalue weighted by molar-refractivity contribution is 7.99. The number of anilines is 1. The Morgan fingerprint density at radius 1 is 1.38 bits per heavy atom. The van der Waals surface area contributed by atoms with Crippen LogP contribution in [-0.2, 0) is 0 Å². The molecule has 0 spiro atoms. The smallest absolute Gasteiger partial charge is 0.161 e. The molecule has 0 N–H and O–H groups in total. The van der Waals surface area contributed by atoms with Crippen LogP contribution in [-0.4, -0.2) is 30.4 Å². The van der Waals surface area contributed by atoms with Gasteiger partial charge >= 0.3 is 0 Å². The minimum atomic E-state index is -0.347. The van der Waals surface area contributed by atoms with Crippen molar-refractivity contribution in [3.05, 3.63) is 29.6 Å². The first-order valence-corrected chi connectivity index (χ1v) is 6.47. The standard InChI is InChI=1S/C12H14FNOS/c1-9(15)11-8-10(13)2-3-12(11)14-4-6-16-7-5-14/h2-3,8H,4-7H2,1H3. The molecule has 1 fully saturated rings. The summed E-state index contributed by atoms with van der Waals surface area (Å²) in [5, 5.41) is 0. The predicted molar refractivity (Wildman–Crippen MR) is 65.9 cm³/mol. The zero-order valence-corrected chi connectivity index (χ0v) is 10.0. The number of rotatable bonds is 2. The van der Waals surface area contributed by atoms with Gasteiger partial charge in [0.25, 0.3) is 0 Å². The molecule has 1 aromatic rings. The van der Waals surface area contributed by atoms with Crippen molar-refractivity contribution < 1.29 is 9.18 Å². The fourth-order valence-electron chi connectivity index (χ4n) is 1.87. The third-order valence-electron chi connectivity index (χ3n) is 2.69. The highest BCUT2D eigenvalue weighted by atomic mass is 32.2. The van der Waals surface area contributed by atoms with Crippen molar-refractivity contribution in [2.24, 2.45) is 0 Å². The lowest BCUT2D eigenvalue weighted by molar-refractivity contribution is 0.101. The molecular weight excluding hydrogens is 225 g/mol. The average Bonchev–Trinajstić information content (AvgIpc) is 2.30. The van der Waals surface area contributed by atoms with Crippen LogP contribution in [0.15, 0.2) is 18.2 Å². The maximum atomic E-state index is 13.1. The molecule has 1 aliphatic rings. The highest BCUT2D eigenvalue weighted by Crippen LogP contribution is 2.25. The maximum absolute atomic E-state index is 13.1. The molecule has 0 bridgehead atoms. The Morgan fingerprint density at radius 3 is 2.69 bits per heavy atom. The van der Waals surface area contributed by atoms with Gasteiger partial charge in [0, 0.05) is 35.8 Å². The predicted octanol–water partition coefficient (Wildman–Crippen LogP) is 2.58. The van der Waals surface area contributed by atoms with E-state index in [1.807, 2.05) is 11.8 Å². The van der Waals surface area contributed by atoms with Crippen molar-refractivity contribution in [1.82, 2.24) is 0 Å². The number of nitrogens with zero attached hydrogens (tertiary/aromatic N) is 1. The quantitative estimate of drug-likeness (QED) is 0.740. The van der Waals surface area contributed by atoms with Gasteiger partial charge in [-0.2, -0.15) is 11.8 Å². The highest BCUT2D eigenvalue weighted by Gasteiger charge is 2.17. The molecule has 0 aromatic heterocycles. The molecule has 4 heteroatoms. The van der Waals surface area contributed by atoms with E-state index in [0.717, 1.165) is 30.3 Å². The van der Waals surface area contributed by atoms with E-state index in [-0.39, 0.29) is 11.6 Å². The second-order valence-corrected chi connectivity index (χ2v) is 5.04. The van der Waals surface area contributed by atoms with E-state index in [1.54, 1.807) is 6.07 Å². The molecule has 2 nitrogen and oxygen atoms in total. The molecule has 1 aromatic carbocycles. The number of ketones is 1. The number of Topliss-reactive ketones (excluding diaryl/α,β-unsaturated/α-hetero) is 1. The molecule has 16 heavy (non-hydrogen) atoms. The van der Waals surface area contributed by atoms with E-state index in [0.29, 0.717) is 5.56 Å². The normalized spacial score (nSPS) is 16.2. The minimum absolute atomic E-state index is 0.0762. The Labute approximate surface area is 98.8 Å². The Morgan fingerprint density at radius 2 is 2.06 bits per heavy atom. The molecule has 0 radical (unpaired) electrons. The van der Waals surface area contributed by atoms with Crippen molar-refractivity contribution >= 4 is 23.2 Å². The molecule has 0 atom stereocenters. The van der Waals surface area contributed by atoms with E-state index >= 15 is 0 Å². The number of benzene rings is 1. The van der Waals surface area contributed by atoms with Crippen LogP contribution in [0.25, 0.3) is 0 Å². The zero-order chi connectivity index (χ0) is 11.5. The Hall–Kier alpha value is -1.03. The lowest BCUT2D eigenvalue weighted by Gasteiger charge is -2.29. The molecule has 2 rings (SSSR count). The monoisotopic (exact) mass is 239 g/mol.